The lowest BCUT2D eigenvalue weighted by Gasteiger charge is -2.30. The Bertz CT molecular complexity index is 1530. The normalized spacial score (nSPS) is 19.5. The average molecular weight is 637 g/mol. The number of carbonyl (C=O) groups excluding carboxylic acids is 2. The number of carbonyl (C=O) groups is 2. The van der Waals surface area contributed by atoms with Gasteiger partial charge in [-0.05, 0) is 55.4 Å². The van der Waals surface area contributed by atoms with E-state index in [2.05, 4.69) is 15.0 Å². The van der Waals surface area contributed by atoms with E-state index in [0.717, 1.165) is 23.4 Å². The number of nitrogens with zero attached hydrogens (tertiary/aromatic N) is 2. The first-order valence-electron chi connectivity index (χ1n) is 13.4. The van der Waals surface area contributed by atoms with Gasteiger partial charge in [-0.15, -0.1) is 11.3 Å². The Morgan fingerprint density at radius 2 is 1.88 bits per heavy atom. The van der Waals surface area contributed by atoms with Crippen LogP contribution in [-0.4, -0.2) is 54.8 Å². The van der Waals surface area contributed by atoms with Crippen LogP contribution in [0.1, 0.15) is 41.0 Å². The zero-order chi connectivity index (χ0) is 29.1. The number of fused-ring (bicyclic) bond motifs is 1. The van der Waals surface area contributed by atoms with Crippen LogP contribution in [-0.2, 0) is 44.6 Å². The molecule has 1 aliphatic heterocycles. The molecule has 2 aromatic carbocycles. The van der Waals surface area contributed by atoms with E-state index >= 15 is 0 Å². The van der Waals surface area contributed by atoms with E-state index < -0.39 is 28.0 Å². The predicted molar refractivity (Wildman–Crippen MR) is 161 cm³/mol. The predicted octanol–water partition coefficient (Wildman–Crippen LogP) is 3.73. The number of nitrogen functional groups attached to an aromatic ring is 1. The van der Waals surface area contributed by atoms with Crippen molar-refractivity contribution < 1.29 is 18.0 Å². The molecular formula is C28H31Cl2N5O4S2. The van der Waals surface area contributed by atoms with Gasteiger partial charge in [0.15, 0.2) is 5.13 Å². The Morgan fingerprint density at radius 3 is 2.63 bits per heavy atom. The third kappa shape index (κ3) is 7.39. The van der Waals surface area contributed by atoms with Crippen molar-refractivity contribution in [3.8, 4) is 0 Å². The molecule has 2 heterocycles. The molecule has 2 aliphatic rings. The second kappa shape index (κ2) is 12.7. The number of rotatable bonds is 9. The third-order valence-electron chi connectivity index (χ3n) is 7.38. The number of amides is 2. The number of nitrogens with two attached hydrogens (primary N) is 1. The summed E-state index contributed by atoms with van der Waals surface area (Å²) in [7, 11) is -3.91. The number of aromatic nitrogens is 1. The Kier molecular flexibility index (Phi) is 9.20. The fourth-order valence-corrected chi connectivity index (χ4v) is 8.06. The Morgan fingerprint density at radius 1 is 1.10 bits per heavy atom. The zero-order valence-electron chi connectivity index (χ0n) is 22.2. The molecule has 41 heavy (non-hydrogen) atoms. The van der Waals surface area contributed by atoms with E-state index in [9.17, 15) is 18.0 Å². The molecule has 2 amide bonds. The minimum atomic E-state index is -3.91. The van der Waals surface area contributed by atoms with Crippen molar-refractivity contribution in [1.29, 1.82) is 0 Å². The molecule has 3 aromatic rings. The lowest BCUT2D eigenvalue weighted by molar-refractivity contribution is -0.140. The van der Waals surface area contributed by atoms with Crippen LogP contribution in [0.2, 0.25) is 10.0 Å². The summed E-state index contributed by atoms with van der Waals surface area (Å²) in [5, 5.41) is 4.30. The number of hydrogen-bond acceptors (Lipinski definition) is 7. The molecule has 5 rings (SSSR count). The van der Waals surface area contributed by atoms with Crippen LogP contribution in [0.3, 0.4) is 0 Å². The number of benzene rings is 2. The second-order valence-corrected chi connectivity index (χ2v) is 14.1. The van der Waals surface area contributed by atoms with Gasteiger partial charge in [-0.25, -0.2) is 18.1 Å². The second-order valence-electron chi connectivity index (χ2n) is 10.4. The van der Waals surface area contributed by atoms with Crippen LogP contribution in [0.5, 0.6) is 0 Å². The maximum atomic E-state index is 13.9. The number of hydrogen-bond donors (Lipinski definition) is 3. The van der Waals surface area contributed by atoms with E-state index in [0.29, 0.717) is 52.1 Å². The van der Waals surface area contributed by atoms with Crippen LogP contribution in [0, 0.1) is 0 Å². The lowest BCUT2D eigenvalue weighted by atomic mass is 9.97. The molecule has 9 nitrogen and oxygen atoms in total. The van der Waals surface area contributed by atoms with Crippen LogP contribution in [0.25, 0.3) is 0 Å². The summed E-state index contributed by atoms with van der Waals surface area (Å²) in [6.45, 7) is 0.357. The summed E-state index contributed by atoms with van der Waals surface area (Å²) in [4.78, 5) is 34.3. The van der Waals surface area contributed by atoms with Gasteiger partial charge in [0.05, 0.1) is 21.5 Å². The van der Waals surface area contributed by atoms with E-state index in [1.165, 1.54) is 16.2 Å². The Labute approximate surface area is 253 Å². The van der Waals surface area contributed by atoms with E-state index in [1.807, 2.05) is 0 Å². The molecule has 0 radical (unpaired) electrons. The monoisotopic (exact) mass is 635 g/mol. The van der Waals surface area contributed by atoms with Crippen molar-refractivity contribution in [2.24, 2.45) is 0 Å². The molecular weight excluding hydrogens is 605 g/mol. The molecule has 0 spiro atoms. The van der Waals surface area contributed by atoms with Gasteiger partial charge in [-0.2, -0.15) is 0 Å². The molecule has 13 heteroatoms. The molecule has 1 fully saturated rings. The molecule has 4 N–H and O–H groups in total. The fourth-order valence-electron chi connectivity index (χ4n) is 5.45. The molecule has 218 valence electrons. The van der Waals surface area contributed by atoms with Crippen molar-refractivity contribution in [1.82, 2.24) is 19.9 Å². The standard InChI is InChI=1S/C28H31Cl2N5O4S2/c29-20-10-8-18(13-21(20)30)14-23(34-41(38,39)16-17-5-2-1-3-6-17)27(37)35-12-4-7-24(35)26(36)32-19-9-11-22-25(15-19)40-28(31)33-22/h1-3,5-6,8,10,13,19,23-24,34H,4,7,9,11-12,14-16H2,(H2,31,33)(H,32,36). The lowest BCUT2D eigenvalue weighted by Crippen LogP contribution is -2.55. The van der Waals surface area contributed by atoms with Crippen molar-refractivity contribution in [3.63, 3.8) is 0 Å². The maximum Gasteiger partial charge on any atom is 0.243 e. The highest BCUT2D eigenvalue weighted by Crippen LogP contribution is 2.29. The number of sulfonamides is 1. The number of halogens is 2. The van der Waals surface area contributed by atoms with E-state index in [-0.39, 0.29) is 24.1 Å². The first kappa shape index (κ1) is 29.8. The van der Waals surface area contributed by atoms with Crippen LogP contribution in [0.4, 0.5) is 5.13 Å². The summed E-state index contributed by atoms with van der Waals surface area (Å²) >= 11 is 13.7. The first-order chi connectivity index (χ1) is 19.6. The third-order valence-corrected chi connectivity index (χ3v) is 10.4. The smallest absolute Gasteiger partial charge is 0.243 e. The quantitative estimate of drug-likeness (QED) is 0.328. The molecule has 3 atom stereocenters. The SMILES string of the molecule is Nc1nc2c(s1)CC(NC(=O)C1CCCN1C(=O)C(Cc1ccc(Cl)c(Cl)c1)NS(=O)(=O)Cc1ccccc1)CC2. The van der Waals surface area contributed by atoms with Crippen LogP contribution in [0.15, 0.2) is 48.5 Å². The number of nitrogens with one attached hydrogen (secondary N) is 2. The fraction of sp³-hybridized carbons (Fsp3) is 0.393. The highest BCUT2D eigenvalue weighted by Gasteiger charge is 2.39. The number of aryl methyl sites for hydroxylation is 1. The molecule has 1 saturated heterocycles. The van der Waals surface area contributed by atoms with Gasteiger partial charge in [0.1, 0.15) is 12.1 Å². The van der Waals surface area contributed by atoms with Gasteiger partial charge in [-0.3, -0.25) is 9.59 Å². The van der Waals surface area contributed by atoms with Gasteiger partial charge < -0.3 is 16.0 Å². The van der Waals surface area contributed by atoms with Gasteiger partial charge in [0, 0.05) is 23.9 Å². The Hall–Kier alpha value is -2.70. The minimum Gasteiger partial charge on any atom is -0.375 e. The summed E-state index contributed by atoms with van der Waals surface area (Å²) in [5.41, 5.74) is 8.08. The summed E-state index contributed by atoms with van der Waals surface area (Å²) in [5.74, 6) is -0.969. The van der Waals surface area contributed by atoms with Gasteiger partial charge in [-0.1, -0.05) is 59.6 Å². The van der Waals surface area contributed by atoms with Gasteiger partial charge >= 0.3 is 0 Å². The average Bonchev–Trinajstić information content (AvgIpc) is 3.56. The summed E-state index contributed by atoms with van der Waals surface area (Å²) in [6, 6.07) is 11.8. The topological polar surface area (TPSA) is 134 Å². The highest BCUT2D eigenvalue weighted by molar-refractivity contribution is 7.88. The minimum absolute atomic E-state index is 0.0484. The highest BCUT2D eigenvalue weighted by atomic mass is 35.5. The Balaban J connectivity index is 1.32. The largest absolute Gasteiger partial charge is 0.375 e. The van der Waals surface area contributed by atoms with Crippen molar-refractivity contribution in [3.05, 3.63) is 80.3 Å². The summed E-state index contributed by atoms with van der Waals surface area (Å²) in [6.07, 6.45) is 3.31. The van der Waals surface area contributed by atoms with Gasteiger partial charge in [0.25, 0.3) is 0 Å². The first-order valence-corrected chi connectivity index (χ1v) is 16.6. The van der Waals surface area contributed by atoms with Crippen LogP contribution >= 0.6 is 34.5 Å². The summed E-state index contributed by atoms with van der Waals surface area (Å²) < 4.78 is 29.0. The van der Waals surface area contributed by atoms with Crippen LogP contribution < -0.4 is 15.8 Å². The number of likely N-dealkylation sites (tertiary alicyclic amines) is 1. The van der Waals surface area contributed by atoms with Crippen molar-refractivity contribution in [2.75, 3.05) is 12.3 Å². The molecule has 0 saturated carbocycles. The zero-order valence-corrected chi connectivity index (χ0v) is 25.3. The van der Waals surface area contributed by atoms with E-state index in [1.54, 1.807) is 48.5 Å². The van der Waals surface area contributed by atoms with Crippen molar-refractivity contribution in [2.45, 2.75) is 62.4 Å². The number of thiazole rings is 1. The maximum absolute atomic E-state index is 13.9. The molecule has 0 bridgehead atoms. The molecule has 3 unspecified atom stereocenters. The molecule has 1 aromatic heterocycles. The van der Waals surface area contributed by atoms with E-state index in [4.69, 9.17) is 28.9 Å². The number of anilines is 1. The van der Waals surface area contributed by atoms with Crippen molar-refractivity contribution >= 4 is 61.5 Å². The van der Waals surface area contributed by atoms with Gasteiger partial charge in [0.2, 0.25) is 21.8 Å². The molecule has 1 aliphatic carbocycles.